The SMILES string of the molecule is Cc1noc(C)c1S(=O)(=O)NC(C)C(=O)NCC(C)CC(=O)O. The normalized spacial score (nSPS) is 14.3. The van der Waals surface area contributed by atoms with Crippen molar-refractivity contribution in [2.75, 3.05) is 6.54 Å². The number of carbonyl (C=O) groups is 2. The fourth-order valence-corrected chi connectivity index (χ4v) is 3.53. The summed E-state index contributed by atoms with van der Waals surface area (Å²) in [4.78, 5) is 22.4. The highest BCUT2D eigenvalue weighted by Crippen LogP contribution is 2.18. The number of aliphatic carboxylic acids is 1. The van der Waals surface area contributed by atoms with E-state index in [-0.39, 0.29) is 35.2 Å². The van der Waals surface area contributed by atoms with E-state index in [4.69, 9.17) is 9.63 Å². The van der Waals surface area contributed by atoms with Crippen LogP contribution in [0.3, 0.4) is 0 Å². The summed E-state index contributed by atoms with van der Waals surface area (Å²) >= 11 is 0. The van der Waals surface area contributed by atoms with E-state index in [9.17, 15) is 18.0 Å². The molecule has 0 saturated heterocycles. The van der Waals surface area contributed by atoms with E-state index in [1.165, 1.54) is 20.8 Å². The number of hydrogen-bond donors (Lipinski definition) is 3. The lowest BCUT2D eigenvalue weighted by Gasteiger charge is -2.16. The minimum Gasteiger partial charge on any atom is -0.481 e. The maximum absolute atomic E-state index is 12.3. The predicted octanol–water partition coefficient (Wildman–Crippen LogP) is 0.185. The van der Waals surface area contributed by atoms with Crippen LogP contribution in [0.4, 0.5) is 0 Å². The van der Waals surface area contributed by atoms with Crippen LogP contribution in [0.2, 0.25) is 0 Å². The minimum absolute atomic E-state index is 0.0839. The van der Waals surface area contributed by atoms with E-state index in [0.717, 1.165) is 0 Å². The maximum Gasteiger partial charge on any atom is 0.303 e. The van der Waals surface area contributed by atoms with Gasteiger partial charge in [0, 0.05) is 13.0 Å². The molecule has 0 spiro atoms. The van der Waals surface area contributed by atoms with Gasteiger partial charge in [-0.1, -0.05) is 12.1 Å². The Hall–Kier alpha value is -1.94. The van der Waals surface area contributed by atoms with Gasteiger partial charge in [-0.3, -0.25) is 9.59 Å². The molecular weight excluding hydrogens is 326 g/mol. The molecule has 0 fully saturated rings. The van der Waals surface area contributed by atoms with Crippen LogP contribution in [0.15, 0.2) is 9.42 Å². The molecule has 1 rings (SSSR count). The van der Waals surface area contributed by atoms with Gasteiger partial charge in [0.25, 0.3) is 0 Å². The molecule has 0 aliphatic carbocycles. The number of carbonyl (C=O) groups excluding carboxylic acids is 1. The summed E-state index contributed by atoms with van der Waals surface area (Å²) in [6, 6.07) is -1.02. The number of sulfonamides is 1. The van der Waals surface area contributed by atoms with E-state index < -0.39 is 27.9 Å². The number of carboxylic acids is 1. The van der Waals surface area contributed by atoms with Gasteiger partial charge in [0.15, 0.2) is 5.76 Å². The minimum atomic E-state index is -3.94. The first-order chi connectivity index (χ1) is 10.5. The van der Waals surface area contributed by atoms with Crippen molar-refractivity contribution in [3.05, 3.63) is 11.5 Å². The summed E-state index contributed by atoms with van der Waals surface area (Å²) in [5.74, 6) is -1.63. The van der Waals surface area contributed by atoms with E-state index >= 15 is 0 Å². The number of amides is 1. The van der Waals surface area contributed by atoms with E-state index in [2.05, 4.69) is 15.2 Å². The second-order valence-corrected chi connectivity index (χ2v) is 7.10. The first-order valence-electron chi connectivity index (χ1n) is 6.99. The highest BCUT2D eigenvalue weighted by atomic mass is 32.2. The molecule has 1 amide bonds. The van der Waals surface area contributed by atoms with Crippen molar-refractivity contribution in [2.45, 2.75) is 45.1 Å². The van der Waals surface area contributed by atoms with Crippen molar-refractivity contribution >= 4 is 21.9 Å². The summed E-state index contributed by atoms with van der Waals surface area (Å²) in [6.45, 7) is 6.17. The second kappa shape index (κ2) is 7.55. The molecule has 23 heavy (non-hydrogen) atoms. The van der Waals surface area contributed by atoms with Crippen LogP contribution < -0.4 is 10.0 Å². The van der Waals surface area contributed by atoms with Gasteiger partial charge < -0.3 is 14.9 Å². The standard InChI is InChI=1S/C13H21N3O6S/c1-7(5-11(17)18)6-14-13(19)9(3)16-23(20,21)12-8(2)15-22-10(12)4/h7,9,16H,5-6H2,1-4H3,(H,14,19)(H,17,18). The molecule has 0 saturated carbocycles. The molecule has 9 nitrogen and oxygen atoms in total. The van der Waals surface area contributed by atoms with Crippen molar-refractivity contribution < 1.29 is 27.6 Å². The molecule has 1 aromatic heterocycles. The van der Waals surface area contributed by atoms with Crippen molar-refractivity contribution in [1.29, 1.82) is 0 Å². The fraction of sp³-hybridized carbons (Fsp3) is 0.615. The Morgan fingerprint density at radius 2 is 1.91 bits per heavy atom. The van der Waals surface area contributed by atoms with E-state index in [1.54, 1.807) is 6.92 Å². The summed E-state index contributed by atoms with van der Waals surface area (Å²) < 4.78 is 31.6. The lowest BCUT2D eigenvalue weighted by Crippen LogP contribution is -2.46. The number of aromatic nitrogens is 1. The van der Waals surface area contributed by atoms with Crippen LogP contribution in [-0.4, -0.2) is 43.1 Å². The van der Waals surface area contributed by atoms with Crippen LogP contribution in [0.5, 0.6) is 0 Å². The number of hydrogen-bond acceptors (Lipinski definition) is 6. The van der Waals surface area contributed by atoms with E-state index in [0.29, 0.717) is 0 Å². The van der Waals surface area contributed by atoms with Gasteiger partial charge in [0.2, 0.25) is 15.9 Å². The Balaban J connectivity index is 2.66. The first kappa shape index (κ1) is 19.1. The third-order valence-corrected chi connectivity index (χ3v) is 4.89. The summed E-state index contributed by atoms with van der Waals surface area (Å²) in [6.07, 6.45) is -0.0839. The van der Waals surface area contributed by atoms with Crippen molar-refractivity contribution in [3.8, 4) is 0 Å². The Morgan fingerprint density at radius 3 is 2.39 bits per heavy atom. The number of nitrogens with one attached hydrogen (secondary N) is 2. The molecule has 0 aliphatic heterocycles. The molecule has 0 aromatic carbocycles. The molecule has 1 heterocycles. The zero-order chi connectivity index (χ0) is 17.8. The number of nitrogens with zero attached hydrogens (tertiary/aromatic N) is 1. The Bertz CT molecular complexity index is 662. The van der Waals surface area contributed by atoms with Gasteiger partial charge in [-0.05, 0) is 26.7 Å². The molecule has 130 valence electrons. The zero-order valence-electron chi connectivity index (χ0n) is 13.4. The molecule has 2 atom stereocenters. The van der Waals surface area contributed by atoms with Gasteiger partial charge in [-0.15, -0.1) is 0 Å². The molecule has 2 unspecified atom stereocenters. The summed E-state index contributed by atoms with van der Waals surface area (Å²) in [5.41, 5.74) is 0.206. The lowest BCUT2D eigenvalue weighted by molar-refractivity contribution is -0.138. The van der Waals surface area contributed by atoms with Gasteiger partial charge in [0.1, 0.15) is 10.6 Å². The van der Waals surface area contributed by atoms with Crippen LogP contribution in [-0.2, 0) is 19.6 Å². The van der Waals surface area contributed by atoms with Gasteiger partial charge in [-0.25, -0.2) is 8.42 Å². The third kappa shape index (κ3) is 5.32. The summed E-state index contributed by atoms with van der Waals surface area (Å²) in [7, 11) is -3.94. The molecule has 10 heteroatoms. The molecule has 0 radical (unpaired) electrons. The number of carboxylic acid groups (broad SMARTS) is 1. The van der Waals surface area contributed by atoms with Crippen molar-refractivity contribution in [2.24, 2.45) is 5.92 Å². The quantitative estimate of drug-likeness (QED) is 0.610. The molecule has 3 N–H and O–H groups in total. The van der Waals surface area contributed by atoms with Gasteiger partial charge in [-0.2, -0.15) is 4.72 Å². The highest BCUT2D eigenvalue weighted by molar-refractivity contribution is 7.89. The molecule has 0 aliphatic rings. The third-order valence-electron chi connectivity index (χ3n) is 3.11. The molecular formula is C13H21N3O6S. The van der Waals surface area contributed by atoms with Gasteiger partial charge in [0.05, 0.1) is 6.04 Å². The number of rotatable bonds is 8. The second-order valence-electron chi connectivity index (χ2n) is 5.44. The average molecular weight is 347 g/mol. The highest BCUT2D eigenvalue weighted by Gasteiger charge is 2.28. The van der Waals surface area contributed by atoms with Crippen LogP contribution in [0, 0.1) is 19.8 Å². The lowest BCUT2D eigenvalue weighted by atomic mass is 10.1. The monoisotopic (exact) mass is 347 g/mol. The van der Waals surface area contributed by atoms with Crippen LogP contribution >= 0.6 is 0 Å². The van der Waals surface area contributed by atoms with Crippen LogP contribution in [0.1, 0.15) is 31.7 Å². The largest absolute Gasteiger partial charge is 0.481 e. The van der Waals surface area contributed by atoms with Crippen molar-refractivity contribution in [3.63, 3.8) is 0 Å². The predicted molar refractivity (Wildman–Crippen MR) is 80.2 cm³/mol. The fourth-order valence-electron chi connectivity index (χ4n) is 2.00. The summed E-state index contributed by atoms with van der Waals surface area (Å²) in [5, 5.41) is 14.7. The van der Waals surface area contributed by atoms with E-state index in [1.807, 2.05) is 0 Å². The van der Waals surface area contributed by atoms with Crippen LogP contribution in [0.25, 0.3) is 0 Å². The smallest absolute Gasteiger partial charge is 0.303 e. The molecule has 0 bridgehead atoms. The average Bonchev–Trinajstić information content (AvgIpc) is 2.74. The molecule has 1 aromatic rings. The Kier molecular flexibility index (Phi) is 6.28. The van der Waals surface area contributed by atoms with Gasteiger partial charge >= 0.3 is 5.97 Å². The Morgan fingerprint density at radius 1 is 1.30 bits per heavy atom. The number of aryl methyl sites for hydroxylation is 2. The Labute approximate surface area is 134 Å². The first-order valence-corrected chi connectivity index (χ1v) is 8.47. The zero-order valence-corrected chi connectivity index (χ0v) is 14.2. The maximum atomic E-state index is 12.3. The van der Waals surface area contributed by atoms with Crippen molar-refractivity contribution in [1.82, 2.24) is 15.2 Å². The topological polar surface area (TPSA) is 139 Å².